The van der Waals surface area contributed by atoms with Crippen LogP contribution >= 0.6 is 12.6 Å². The summed E-state index contributed by atoms with van der Waals surface area (Å²) < 4.78 is 1.57. The molecular weight excluding hydrogens is 122 g/mol. The molecule has 0 spiro atoms. The molecule has 1 heterocycles. The van der Waals surface area contributed by atoms with Gasteiger partial charge in [-0.15, -0.1) is 12.6 Å². The summed E-state index contributed by atoms with van der Waals surface area (Å²) in [5, 5.41) is 0.813. The Bertz CT molecular complexity index is 173. The van der Waals surface area contributed by atoms with Crippen LogP contribution < -0.4 is 4.84 Å². The van der Waals surface area contributed by atoms with E-state index in [0.29, 0.717) is 0 Å². The van der Waals surface area contributed by atoms with Crippen molar-refractivity contribution in [1.29, 1.82) is 0 Å². The molecule has 0 saturated heterocycles. The molecule has 0 N–H and O–H groups in total. The van der Waals surface area contributed by atoms with Crippen LogP contribution in [0.25, 0.3) is 0 Å². The third-order valence-electron chi connectivity index (χ3n) is 0.889. The van der Waals surface area contributed by atoms with Crippen LogP contribution in [0.15, 0.2) is 23.4 Å². The van der Waals surface area contributed by atoms with E-state index in [-0.39, 0.29) is 0 Å². The number of rotatable bonds is 1. The van der Waals surface area contributed by atoms with Crippen LogP contribution in [0.5, 0.6) is 0 Å². The first kappa shape index (κ1) is 5.56. The van der Waals surface area contributed by atoms with Crippen molar-refractivity contribution in [3.8, 4) is 0 Å². The average Bonchev–Trinajstić information content (AvgIpc) is 2.14. The van der Waals surface area contributed by atoms with Crippen molar-refractivity contribution in [1.82, 2.24) is 4.73 Å². The van der Waals surface area contributed by atoms with Crippen LogP contribution in [0, 0.1) is 0 Å². The fraction of sp³-hybridized carbons (Fsp3) is 0.200. The molecule has 0 aliphatic rings. The molecule has 0 amide bonds. The van der Waals surface area contributed by atoms with E-state index in [9.17, 15) is 0 Å². The van der Waals surface area contributed by atoms with Gasteiger partial charge in [0, 0.05) is 6.20 Å². The molecule has 0 aliphatic carbocycles. The lowest BCUT2D eigenvalue weighted by Crippen LogP contribution is -2.02. The molecule has 0 unspecified atom stereocenters. The van der Waals surface area contributed by atoms with Crippen LogP contribution in [0.3, 0.4) is 0 Å². The number of hydrogen-bond donors (Lipinski definition) is 1. The lowest BCUT2D eigenvalue weighted by molar-refractivity contribution is 0.148. The minimum absolute atomic E-state index is 0.813. The van der Waals surface area contributed by atoms with E-state index in [0.717, 1.165) is 5.03 Å². The third-order valence-corrected chi connectivity index (χ3v) is 1.24. The summed E-state index contributed by atoms with van der Waals surface area (Å²) in [7, 11) is 1.60. The van der Waals surface area contributed by atoms with Crippen molar-refractivity contribution in [2.24, 2.45) is 0 Å². The quantitative estimate of drug-likeness (QED) is 0.555. The van der Waals surface area contributed by atoms with Gasteiger partial charge < -0.3 is 4.84 Å². The van der Waals surface area contributed by atoms with Gasteiger partial charge in [-0.05, 0) is 12.1 Å². The highest BCUT2D eigenvalue weighted by Gasteiger charge is 1.89. The van der Waals surface area contributed by atoms with Gasteiger partial charge in [0.15, 0.2) is 0 Å². The summed E-state index contributed by atoms with van der Waals surface area (Å²) in [5.74, 6) is 0. The lowest BCUT2D eigenvalue weighted by atomic mass is 10.7. The number of hydrogen-bond acceptors (Lipinski definition) is 2. The monoisotopic (exact) mass is 129 g/mol. The Kier molecular flexibility index (Phi) is 1.48. The number of nitrogens with zero attached hydrogens (tertiary/aromatic N) is 1. The van der Waals surface area contributed by atoms with Crippen molar-refractivity contribution in [3.05, 3.63) is 18.3 Å². The van der Waals surface area contributed by atoms with Gasteiger partial charge in [0.05, 0.1) is 0 Å². The highest BCUT2D eigenvalue weighted by Crippen LogP contribution is 2.02. The lowest BCUT2D eigenvalue weighted by Gasteiger charge is -1.99. The minimum Gasteiger partial charge on any atom is -0.417 e. The van der Waals surface area contributed by atoms with E-state index in [1.807, 2.05) is 12.1 Å². The molecule has 0 aromatic carbocycles. The molecule has 3 heteroatoms. The molecule has 1 aromatic heterocycles. The summed E-state index contributed by atoms with van der Waals surface area (Å²) in [6, 6.07) is 3.72. The largest absolute Gasteiger partial charge is 0.417 e. The Morgan fingerprint density at radius 3 is 2.75 bits per heavy atom. The van der Waals surface area contributed by atoms with Crippen molar-refractivity contribution < 1.29 is 4.84 Å². The second-order valence-electron chi connectivity index (χ2n) is 1.37. The van der Waals surface area contributed by atoms with E-state index >= 15 is 0 Å². The van der Waals surface area contributed by atoms with Gasteiger partial charge in [0.2, 0.25) is 0 Å². The van der Waals surface area contributed by atoms with Gasteiger partial charge in [0.1, 0.15) is 12.1 Å². The number of thiol groups is 1. The Morgan fingerprint density at radius 1 is 1.75 bits per heavy atom. The topological polar surface area (TPSA) is 14.2 Å². The predicted octanol–water partition coefficient (Wildman–Crippen LogP) is 0.835. The average molecular weight is 129 g/mol. The van der Waals surface area contributed by atoms with Crippen LogP contribution in [0.4, 0.5) is 0 Å². The van der Waals surface area contributed by atoms with Gasteiger partial charge in [-0.2, -0.15) is 4.73 Å². The molecule has 1 rings (SSSR count). The van der Waals surface area contributed by atoms with Crippen molar-refractivity contribution in [2.75, 3.05) is 7.11 Å². The van der Waals surface area contributed by atoms with Crippen LogP contribution in [0.1, 0.15) is 0 Å². The minimum atomic E-state index is 0.813. The summed E-state index contributed by atoms with van der Waals surface area (Å²) in [6.07, 6.45) is 1.79. The van der Waals surface area contributed by atoms with Gasteiger partial charge in [-0.3, -0.25) is 0 Å². The second-order valence-corrected chi connectivity index (χ2v) is 1.83. The summed E-state index contributed by atoms with van der Waals surface area (Å²) in [4.78, 5) is 4.83. The van der Waals surface area contributed by atoms with Crippen LogP contribution in [0.2, 0.25) is 0 Å². The molecule has 0 aliphatic heterocycles. The maximum Gasteiger partial charge on any atom is 0.109 e. The van der Waals surface area contributed by atoms with E-state index in [1.54, 1.807) is 18.0 Å². The Morgan fingerprint density at radius 2 is 2.50 bits per heavy atom. The van der Waals surface area contributed by atoms with E-state index < -0.39 is 0 Å². The van der Waals surface area contributed by atoms with Crippen LogP contribution in [-0.2, 0) is 0 Å². The van der Waals surface area contributed by atoms with Crippen molar-refractivity contribution in [2.45, 2.75) is 5.03 Å². The molecule has 0 bridgehead atoms. The first-order chi connectivity index (χ1) is 3.84. The van der Waals surface area contributed by atoms with E-state index in [2.05, 4.69) is 12.6 Å². The third kappa shape index (κ3) is 0.816. The maximum absolute atomic E-state index is 4.83. The highest BCUT2D eigenvalue weighted by molar-refractivity contribution is 7.80. The summed E-state index contributed by atoms with van der Waals surface area (Å²) >= 11 is 4.07. The second kappa shape index (κ2) is 2.13. The smallest absolute Gasteiger partial charge is 0.109 e. The van der Waals surface area contributed by atoms with Crippen LogP contribution in [-0.4, -0.2) is 11.8 Å². The SMILES string of the molecule is COn1cccc1S. The van der Waals surface area contributed by atoms with Crippen molar-refractivity contribution in [3.63, 3.8) is 0 Å². The molecule has 0 saturated carbocycles. The Labute approximate surface area is 53.4 Å². The molecule has 1 aromatic rings. The Hall–Kier alpha value is -0.570. The normalized spacial score (nSPS) is 9.25. The molecule has 8 heavy (non-hydrogen) atoms. The van der Waals surface area contributed by atoms with Gasteiger partial charge in [-0.1, -0.05) is 0 Å². The van der Waals surface area contributed by atoms with Gasteiger partial charge >= 0.3 is 0 Å². The van der Waals surface area contributed by atoms with Gasteiger partial charge in [-0.25, -0.2) is 0 Å². The zero-order chi connectivity index (χ0) is 5.98. The van der Waals surface area contributed by atoms with E-state index in [1.165, 1.54) is 0 Å². The first-order valence-electron chi connectivity index (χ1n) is 2.25. The predicted molar refractivity (Wildman–Crippen MR) is 34.2 cm³/mol. The zero-order valence-corrected chi connectivity index (χ0v) is 5.43. The number of aromatic nitrogens is 1. The maximum atomic E-state index is 4.83. The first-order valence-corrected chi connectivity index (χ1v) is 2.70. The molecule has 0 radical (unpaired) electrons. The fourth-order valence-corrected chi connectivity index (χ4v) is 0.746. The summed E-state index contributed by atoms with van der Waals surface area (Å²) in [5.41, 5.74) is 0. The summed E-state index contributed by atoms with van der Waals surface area (Å²) in [6.45, 7) is 0. The molecule has 0 fully saturated rings. The molecule has 44 valence electrons. The van der Waals surface area contributed by atoms with Gasteiger partial charge in [0.25, 0.3) is 0 Å². The molecule has 2 nitrogen and oxygen atoms in total. The van der Waals surface area contributed by atoms with Crippen molar-refractivity contribution >= 4 is 12.6 Å². The molecular formula is C5H7NOS. The zero-order valence-electron chi connectivity index (χ0n) is 4.53. The molecule has 0 atom stereocenters. The van der Waals surface area contributed by atoms with E-state index in [4.69, 9.17) is 4.84 Å². The standard InChI is InChI=1S/C5H7NOS/c1-7-6-4-2-3-5(6)8/h2-4,8H,1H3. The fourth-order valence-electron chi connectivity index (χ4n) is 0.511. The highest BCUT2D eigenvalue weighted by atomic mass is 32.1. The Balaban J connectivity index is 2.92.